The van der Waals surface area contributed by atoms with E-state index in [1.807, 2.05) is 13.8 Å². The van der Waals surface area contributed by atoms with E-state index < -0.39 is 42.0 Å². The summed E-state index contributed by atoms with van der Waals surface area (Å²) >= 11 is 0. The maximum atomic E-state index is 10.3. The van der Waals surface area contributed by atoms with Gasteiger partial charge in [-0.1, -0.05) is 26.7 Å². The molecule has 0 aromatic rings. The predicted octanol–water partition coefficient (Wildman–Crippen LogP) is -0.670. The molecule has 0 aliphatic carbocycles. The zero-order valence-electron chi connectivity index (χ0n) is 19.9. The van der Waals surface area contributed by atoms with E-state index in [1.165, 1.54) is 0 Å². The quantitative estimate of drug-likeness (QED) is 0.0775. The zero-order valence-corrected chi connectivity index (χ0v) is 19.9. The average Bonchev–Trinajstić information content (AvgIpc) is 2.75. The summed E-state index contributed by atoms with van der Waals surface area (Å²) in [6.45, 7) is 4.28. The molecule has 0 aromatic heterocycles. The molecular formula is C20H42N6O8. The molecule has 0 rings (SSSR count). The lowest BCUT2D eigenvalue weighted by Gasteiger charge is -2.11. The van der Waals surface area contributed by atoms with Crippen LogP contribution in [0.5, 0.6) is 0 Å². The van der Waals surface area contributed by atoms with E-state index in [1.54, 1.807) is 0 Å². The van der Waals surface area contributed by atoms with Crippen molar-refractivity contribution in [1.29, 1.82) is 0 Å². The van der Waals surface area contributed by atoms with E-state index in [2.05, 4.69) is 4.99 Å². The summed E-state index contributed by atoms with van der Waals surface area (Å²) in [5.74, 6) is -3.65. The van der Waals surface area contributed by atoms with E-state index >= 15 is 0 Å². The van der Waals surface area contributed by atoms with Crippen molar-refractivity contribution in [3.63, 3.8) is 0 Å². The smallest absolute Gasteiger partial charge is 0.320 e. The molecule has 0 saturated heterocycles. The van der Waals surface area contributed by atoms with Crippen LogP contribution in [0.15, 0.2) is 4.99 Å². The minimum atomic E-state index is -1.04. The first kappa shape index (κ1) is 35.6. The first-order chi connectivity index (χ1) is 15.7. The molecule has 14 nitrogen and oxygen atoms in total. The second-order valence-electron chi connectivity index (χ2n) is 7.58. The van der Waals surface area contributed by atoms with Crippen LogP contribution in [-0.4, -0.2) is 74.9 Å². The molecular weight excluding hydrogens is 452 g/mol. The fraction of sp³-hybridized carbons (Fsp3) is 0.750. The Morgan fingerprint density at radius 2 is 1.21 bits per heavy atom. The Bertz CT molecular complexity index is 628. The summed E-state index contributed by atoms with van der Waals surface area (Å²) in [6, 6.07) is -2.34. The van der Waals surface area contributed by atoms with Crippen LogP contribution in [0.4, 0.5) is 0 Å². The molecule has 14 N–H and O–H groups in total. The summed E-state index contributed by atoms with van der Waals surface area (Å²) in [5.41, 5.74) is 25.9. The molecule has 0 unspecified atom stereocenters. The van der Waals surface area contributed by atoms with Gasteiger partial charge in [0.2, 0.25) is 0 Å². The summed E-state index contributed by atoms with van der Waals surface area (Å²) in [6.07, 6.45) is 4.16. The molecule has 0 radical (unpaired) electrons. The van der Waals surface area contributed by atoms with E-state index in [4.69, 9.17) is 49.1 Å². The maximum absolute atomic E-state index is 10.3. The van der Waals surface area contributed by atoms with Crippen LogP contribution >= 0.6 is 0 Å². The van der Waals surface area contributed by atoms with Crippen molar-refractivity contribution in [2.24, 2.45) is 39.6 Å². The van der Waals surface area contributed by atoms with Gasteiger partial charge < -0.3 is 49.1 Å². The van der Waals surface area contributed by atoms with Gasteiger partial charge in [-0.15, -0.1) is 0 Å². The predicted molar refractivity (Wildman–Crippen MR) is 127 cm³/mol. The van der Waals surface area contributed by atoms with Crippen LogP contribution in [0, 0.1) is 5.92 Å². The van der Waals surface area contributed by atoms with Gasteiger partial charge in [0.25, 0.3) is 0 Å². The summed E-state index contributed by atoms with van der Waals surface area (Å²) < 4.78 is 0. The summed E-state index contributed by atoms with van der Waals surface area (Å²) in [4.78, 5) is 44.4. The van der Waals surface area contributed by atoms with Gasteiger partial charge in [0.05, 0.1) is 0 Å². The number of aliphatic imine (C=N–C) groups is 1. The fourth-order valence-electron chi connectivity index (χ4n) is 2.07. The number of carboxylic acids is 4. The minimum absolute atomic E-state index is 0.0579. The average molecular weight is 495 g/mol. The third-order valence-corrected chi connectivity index (χ3v) is 4.55. The van der Waals surface area contributed by atoms with Gasteiger partial charge in [0, 0.05) is 13.0 Å². The Morgan fingerprint density at radius 3 is 1.50 bits per heavy atom. The molecule has 34 heavy (non-hydrogen) atoms. The van der Waals surface area contributed by atoms with Gasteiger partial charge in [-0.05, 0) is 38.0 Å². The molecule has 0 saturated carbocycles. The van der Waals surface area contributed by atoms with Crippen molar-refractivity contribution in [2.45, 2.75) is 83.3 Å². The highest BCUT2D eigenvalue weighted by Crippen LogP contribution is 2.04. The van der Waals surface area contributed by atoms with E-state index in [0.717, 1.165) is 12.8 Å². The number of aliphatic carboxylic acids is 4. The fourth-order valence-corrected chi connectivity index (χ4v) is 2.07. The highest BCUT2D eigenvalue weighted by Gasteiger charge is 2.17. The Balaban J connectivity index is -0.000000431. The molecule has 200 valence electrons. The van der Waals surface area contributed by atoms with Gasteiger partial charge in [-0.2, -0.15) is 0 Å². The van der Waals surface area contributed by atoms with Crippen molar-refractivity contribution in [1.82, 2.24) is 0 Å². The number of rotatable bonds is 15. The van der Waals surface area contributed by atoms with Crippen LogP contribution < -0.4 is 28.7 Å². The number of guanidine groups is 1. The Kier molecular flexibility index (Phi) is 22.9. The van der Waals surface area contributed by atoms with Crippen molar-refractivity contribution in [3.8, 4) is 0 Å². The van der Waals surface area contributed by atoms with E-state index in [0.29, 0.717) is 38.6 Å². The van der Waals surface area contributed by atoms with Crippen LogP contribution in [-0.2, 0) is 19.2 Å². The van der Waals surface area contributed by atoms with Crippen molar-refractivity contribution < 1.29 is 39.6 Å². The van der Waals surface area contributed by atoms with Crippen molar-refractivity contribution in [2.75, 3.05) is 6.54 Å². The third kappa shape index (κ3) is 25.3. The zero-order chi connectivity index (χ0) is 27.3. The van der Waals surface area contributed by atoms with Crippen molar-refractivity contribution in [3.05, 3.63) is 0 Å². The number of hydrogen-bond acceptors (Lipinski definition) is 8. The number of carboxylic acid groups (broad SMARTS) is 4. The van der Waals surface area contributed by atoms with Gasteiger partial charge in [0.15, 0.2) is 5.96 Å². The number of carbonyl (C=O) groups is 4. The highest BCUT2D eigenvalue weighted by atomic mass is 16.4. The van der Waals surface area contributed by atoms with Gasteiger partial charge >= 0.3 is 23.9 Å². The van der Waals surface area contributed by atoms with E-state index in [9.17, 15) is 19.2 Å². The third-order valence-electron chi connectivity index (χ3n) is 4.55. The Hall–Kier alpha value is -2.97. The number of nitrogens with two attached hydrogens (primary N) is 5. The second-order valence-corrected chi connectivity index (χ2v) is 7.58. The Labute approximate surface area is 199 Å². The molecule has 4 atom stereocenters. The van der Waals surface area contributed by atoms with Gasteiger partial charge in [0.1, 0.15) is 18.1 Å². The molecule has 0 aliphatic heterocycles. The summed E-state index contributed by atoms with van der Waals surface area (Å²) in [5, 5.41) is 33.4. The maximum Gasteiger partial charge on any atom is 0.320 e. The molecule has 0 heterocycles. The summed E-state index contributed by atoms with van der Waals surface area (Å²) in [7, 11) is 0. The van der Waals surface area contributed by atoms with Crippen LogP contribution in [0.25, 0.3) is 0 Å². The molecule has 0 amide bonds. The van der Waals surface area contributed by atoms with E-state index in [-0.39, 0.29) is 18.3 Å². The number of unbranched alkanes of at least 4 members (excludes halogenated alkanes) is 2. The van der Waals surface area contributed by atoms with Gasteiger partial charge in [-0.25, -0.2) is 0 Å². The van der Waals surface area contributed by atoms with Gasteiger partial charge in [-0.3, -0.25) is 24.2 Å². The number of hydrogen-bond donors (Lipinski definition) is 9. The largest absolute Gasteiger partial charge is 0.481 e. The lowest BCUT2D eigenvalue weighted by molar-refractivity contribution is -0.140. The lowest BCUT2D eigenvalue weighted by atomic mass is 10.0. The lowest BCUT2D eigenvalue weighted by Crippen LogP contribution is -2.36. The molecule has 0 fully saturated rings. The molecule has 14 heteroatoms. The monoisotopic (exact) mass is 494 g/mol. The number of nitrogens with zero attached hydrogens (tertiary/aromatic N) is 1. The first-order valence-corrected chi connectivity index (χ1v) is 10.9. The molecule has 0 bridgehead atoms. The second kappa shape index (κ2) is 21.9. The van der Waals surface area contributed by atoms with Crippen LogP contribution in [0.2, 0.25) is 0 Å². The van der Waals surface area contributed by atoms with Crippen molar-refractivity contribution >= 4 is 29.8 Å². The molecule has 0 aliphatic rings. The van der Waals surface area contributed by atoms with Crippen LogP contribution in [0.1, 0.15) is 65.2 Å². The normalized spacial score (nSPS) is 13.4. The minimum Gasteiger partial charge on any atom is -0.481 e. The highest BCUT2D eigenvalue weighted by molar-refractivity contribution is 5.75. The Morgan fingerprint density at radius 1 is 0.765 bits per heavy atom. The molecule has 0 aromatic carbocycles. The molecule has 0 spiro atoms. The SMILES string of the molecule is CC[C@H](C)[C@H](N)C(=O)O.NC(N)=NCCCC[C@H](N)C(=O)O.N[C@@H](CCCCC(=O)O)C(=O)O. The first-order valence-electron chi connectivity index (χ1n) is 10.9. The van der Waals surface area contributed by atoms with Crippen LogP contribution in [0.3, 0.4) is 0 Å². The topological polar surface area (TPSA) is 292 Å². The standard InChI is InChI=1S/C7H16N4O2.C7H13NO4.C6H13NO2/c8-5(6(12)13)3-1-2-4-11-7(9)10;8-5(7(11)12)3-1-2-4-6(9)10;1-3-4(2)5(7)6(8)9/h5H,1-4,8H2,(H,12,13)(H4,9,10,11);5H,1-4,8H2,(H,9,10)(H,11,12);4-5H,3,7H2,1-2H3,(H,8,9)/t2*5-;4-,5-/m000/s1.